The fourth-order valence-corrected chi connectivity index (χ4v) is 2.17. The third-order valence-electron chi connectivity index (χ3n) is 3.08. The molecule has 2 aromatic rings. The minimum absolute atomic E-state index is 0.139. The van der Waals surface area contributed by atoms with Gasteiger partial charge in [0.25, 0.3) is 0 Å². The van der Waals surface area contributed by atoms with Gasteiger partial charge in [0.1, 0.15) is 11.6 Å². The van der Waals surface area contributed by atoms with E-state index in [4.69, 9.17) is 4.74 Å². The Kier molecular flexibility index (Phi) is 4.63. The van der Waals surface area contributed by atoms with Gasteiger partial charge in [-0.1, -0.05) is 6.07 Å². The molecule has 2 rings (SSSR count). The molecule has 0 aliphatic carbocycles. The third-order valence-corrected chi connectivity index (χ3v) is 3.08. The Hall–Kier alpha value is -2.01. The summed E-state index contributed by atoms with van der Waals surface area (Å²) < 4.78 is 31.7. The van der Waals surface area contributed by atoms with Crippen molar-refractivity contribution in [3.63, 3.8) is 0 Å². The van der Waals surface area contributed by atoms with Crippen molar-refractivity contribution >= 4 is 0 Å². The van der Waals surface area contributed by atoms with Crippen LogP contribution in [-0.4, -0.2) is 19.1 Å². The van der Waals surface area contributed by atoms with Crippen molar-refractivity contribution in [3.05, 3.63) is 59.3 Å². The summed E-state index contributed by atoms with van der Waals surface area (Å²) in [6, 6.07) is 7.06. The number of benzene rings is 1. The summed E-state index contributed by atoms with van der Waals surface area (Å²) in [6.07, 6.45) is 2.07. The molecule has 0 fully saturated rings. The van der Waals surface area contributed by atoms with E-state index in [1.54, 1.807) is 26.4 Å². The molecule has 1 aromatic carbocycles. The minimum Gasteiger partial charge on any atom is -0.481 e. The first-order chi connectivity index (χ1) is 9.63. The van der Waals surface area contributed by atoms with Crippen LogP contribution in [0.4, 0.5) is 8.78 Å². The maximum Gasteiger partial charge on any atom is 0.217 e. The van der Waals surface area contributed by atoms with Crippen LogP contribution in [0.25, 0.3) is 0 Å². The Morgan fingerprint density at radius 2 is 1.95 bits per heavy atom. The van der Waals surface area contributed by atoms with Crippen molar-refractivity contribution in [2.24, 2.45) is 0 Å². The zero-order valence-electron chi connectivity index (χ0n) is 11.4. The van der Waals surface area contributed by atoms with Crippen LogP contribution in [0.3, 0.4) is 0 Å². The van der Waals surface area contributed by atoms with E-state index in [-0.39, 0.29) is 6.04 Å². The van der Waals surface area contributed by atoms with E-state index in [1.807, 2.05) is 6.07 Å². The standard InChI is InChI=1S/C15H16F2N2O/c1-18-14(13-4-3-5-19-15(13)20-2)8-10-6-11(16)9-12(17)7-10/h3-7,9,14,18H,8H2,1-2H3. The molecule has 0 spiro atoms. The molecular formula is C15H16F2N2O. The molecule has 0 bridgehead atoms. The van der Waals surface area contributed by atoms with Crippen molar-refractivity contribution in [1.29, 1.82) is 0 Å². The van der Waals surface area contributed by atoms with Gasteiger partial charge in [-0.05, 0) is 37.2 Å². The van der Waals surface area contributed by atoms with Gasteiger partial charge < -0.3 is 10.1 Å². The molecule has 1 aromatic heterocycles. The molecule has 1 atom stereocenters. The molecule has 1 N–H and O–H groups in total. The summed E-state index contributed by atoms with van der Waals surface area (Å²) in [6.45, 7) is 0. The summed E-state index contributed by atoms with van der Waals surface area (Å²) in [4.78, 5) is 4.13. The van der Waals surface area contributed by atoms with Crippen LogP contribution in [0.5, 0.6) is 5.88 Å². The maximum atomic E-state index is 13.2. The number of hydrogen-bond donors (Lipinski definition) is 1. The molecule has 1 unspecified atom stereocenters. The number of nitrogens with one attached hydrogen (secondary N) is 1. The van der Waals surface area contributed by atoms with Crippen molar-refractivity contribution in [3.8, 4) is 5.88 Å². The highest BCUT2D eigenvalue weighted by Gasteiger charge is 2.16. The van der Waals surface area contributed by atoms with Crippen LogP contribution >= 0.6 is 0 Å². The monoisotopic (exact) mass is 278 g/mol. The largest absolute Gasteiger partial charge is 0.481 e. The molecular weight excluding hydrogens is 262 g/mol. The van der Waals surface area contributed by atoms with Gasteiger partial charge in [-0.3, -0.25) is 0 Å². The molecule has 0 saturated heterocycles. The second kappa shape index (κ2) is 6.43. The summed E-state index contributed by atoms with van der Waals surface area (Å²) in [5.74, 6) is -0.648. The van der Waals surface area contributed by atoms with Crippen LogP contribution in [0.15, 0.2) is 36.5 Å². The fraction of sp³-hybridized carbons (Fsp3) is 0.267. The van der Waals surface area contributed by atoms with Gasteiger partial charge in [0.15, 0.2) is 0 Å². The molecule has 0 aliphatic rings. The number of nitrogens with zero attached hydrogens (tertiary/aromatic N) is 1. The highest BCUT2D eigenvalue weighted by molar-refractivity contribution is 5.31. The lowest BCUT2D eigenvalue weighted by Crippen LogP contribution is -2.20. The molecule has 1 heterocycles. The lowest BCUT2D eigenvalue weighted by Gasteiger charge is -2.18. The SMILES string of the molecule is CNC(Cc1cc(F)cc(F)c1)c1cccnc1OC. The molecule has 0 aliphatic heterocycles. The molecule has 20 heavy (non-hydrogen) atoms. The number of aromatic nitrogens is 1. The average Bonchev–Trinajstić information content (AvgIpc) is 2.43. The average molecular weight is 278 g/mol. The number of likely N-dealkylation sites (N-methyl/N-ethyl adjacent to an activating group) is 1. The zero-order valence-corrected chi connectivity index (χ0v) is 11.4. The van der Waals surface area contributed by atoms with E-state index in [0.717, 1.165) is 11.6 Å². The van der Waals surface area contributed by atoms with Crippen LogP contribution < -0.4 is 10.1 Å². The van der Waals surface area contributed by atoms with E-state index in [9.17, 15) is 8.78 Å². The van der Waals surface area contributed by atoms with Gasteiger partial charge in [-0.25, -0.2) is 13.8 Å². The van der Waals surface area contributed by atoms with Gasteiger partial charge in [0.05, 0.1) is 7.11 Å². The van der Waals surface area contributed by atoms with E-state index in [1.165, 1.54) is 12.1 Å². The molecule has 0 amide bonds. The quantitative estimate of drug-likeness (QED) is 0.913. The number of methoxy groups -OCH3 is 1. The highest BCUT2D eigenvalue weighted by Crippen LogP contribution is 2.25. The number of halogens is 2. The highest BCUT2D eigenvalue weighted by atomic mass is 19.1. The normalized spacial score (nSPS) is 12.2. The van der Waals surface area contributed by atoms with E-state index >= 15 is 0 Å². The Morgan fingerprint density at radius 3 is 2.55 bits per heavy atom. The number of ether oxygens (including phenoxy) is 1. The van der Waals surface area contributed by atoms with E-state index in [2.05, 4.69) is 10.3 Å². The van der Waals surface area contributed by atoms with Crippen LogP contribution in [0, 0.1) is 11.6 Å². The summed E-state index contributed by atoms with van der Waals surface area (Å²) in [7, 11) is 3.33. The topological polar surface area (TPSA) is 34.2 Å². The van der Waals surface area contributed by atoms with Gasteiger partial charge in [-0.2, -0.15) is 0 Å². The predicted octanol–water partition coefficient (Wildman–Crippen LogP) is 2.87. The van der Waals surface area contributed by atoms with Crippen molar-refractivity contribution in [2.75, 3.05) is 14.2 Å². The Labute approximate surface area is 116 Å². The number of pyridine rings is 1. The maximum absolute atomic E-state index is 13.2. The van der Waals surface area contributed by atoms with Crippen molar-refractivity contribution < 1.29 is 13.5 Å². The Morgan fingerprint density at radius 1 is 1.25 bits per heavy atom. The lowest BCUT2D eigenvalue weighted by atomic mass is 9.99. The Balaban J connectivity index is 2.28. The Bertz CT molecular complexity index is 570. The van der Waals surface area contributed by atoms with Gasteiger partial charge in [0.2, 0.25) is 5.88 Å². The van der Waals surface area contributed by atoms with E-state index < -0.39 is 11.6 Å². The van der Waals surface area contributed by atoms with Gasteiger partial charge in [0, 0.05) is 23.9 Å². The summed E-state index contributed by atoms with van der Waals surface area (Å²) >= 11 is 0. The van der Waals surface area contributed by atoms with Crippen molar-refractivity contribution in [1.82, 2.24) is 10.3 Å². The first kappa shape index (κ1) is 14.4. The molecule has 106 valence electrons. The molecule has 0 radical (unpaired) electrons. The minimum atomic E-state index is -0.576. The number of rotatable bonds is 5. The third kappa shape index (κ3) is 3.30. The second-order valence-corrected chi connectivity index (χ2v) is 4.42. The van der Waals surface area contributed by atoms with Crippen LogP contribution in [-0.2, 0) is 6.42 Å². The van der Waals surface area contributed by atoms with Crippen LogP contribution in [0.2, 0.25) is 0 Å². The van der Waals surface area contributed by atoms with Gasteiger partial charge in [-0.15, -0.1) is 0 Å². The smallest absolute Gasteiger partial charge is 0.217 e. The first-order valence-electron chi connectivity index (χ1n) is 6.25. The van der Waals surface area contributed by atoms with Crippen molar-refractivity contribution in [2.45, 2.75) is 12.5 Å². The lowest BCUT2D eigenvalue weighted by molar-refractivity contribution is 0.384. The molecule has 5 heteroatoms. The second-order valence-electron chi connectivity index (χ2n) is 4.42. The fourth-order valence-electron chi connectivity index (χ4n) is 2.17. The molecule has 3 nitrogen and oxygen atoms in total. The van der Waals surface area contributed by atoms with Gasteiger partial charge >= 0.3 is 0 Å². The van der Waals surface area contributed by atoms with Crippen LogP contribution in [0.1, 0.15) is 17.2 Å². The van der Waals surface area contributed by atoms with E-state index in [0.29, 0.717) is 17.9 Å². The zero-order chi connectivity index (χ0) is 14.5. The molecule has 0 saturated carbocycles. The predicted molar refractivity (Wildman–Crippen MR) is 72.7 cm³/mol. The summed E-state index contributed by atoms with van der Waals surface area (Å²) in [5, 5.41) is 3.12. The number of hydrogen-bond acceptors (Lipinski definition) is 3. The summed E-state index contributed by atoms with van der Waals surface area (Å²) in [5.41, 5.74) is 1.43. The first-order valence-corrected chi connectivity index (χ1v) is 6.25.